The molecule has 0 N–H and O–H groups in total. The van der Waals surface area contributed by atoms with E-state index in [9.17, 15) is 9.59 Å². The Kier molecular flexibility index (Phi) is 6.12. The summed E-state index contributed by atoms with van der Waals surface area (Å²) in [6.07, 6.45) is 3.14. The van der Waals surface area contributed by atoms with Crippen LogP contribution < -0.4 is 0 Å². The minimum atomic E-state index is 0.0541. The number of thiophene rings is 1. The monoisotopic (exact) mass is 364 g/mol. The molecule has 2 atom stereocenters. The van der Waals surface area contributed by atoms with Gasteiger partial charge in [0.2, 0.25) is 11.8 Å². The molecular weight excluding hydrogens is 336 g/mol. The summed E-state index contributed by atoms with van der Waals surface area (Å²) in [5, 5.41) is 4.15. The van der Waals surface area contributed by atoms with Crippen LogP contribution in [-0.2, 0) is 20.7 Å². The Bertz CT molecular complexity index is 571. The van der Waals surface area contributed by atoms with Crippen molar-refractivity contribution >= 4 is 23.2 Å². The zero-order valence-electron chi connectivity index (χ0n) is 15.1. The van der Waals surface area contributed by atoms with Gasteiger partial charge in [0.05, 0.1) is 12.2 Å². The van der Waals surface area contributed by atoms with Crippen LogP contribution in [0, 0.1) is 5.92 Å². The van der Waals surface area contributed by atoms with Gasteiger partial charge in [0.15, 0.2) is 0 Å². The van der Waals surface area contributed by atoms with E-state index < -0.39 is 0 Å². The molecule has 2 aliphatic heterocycles. The third-order valence-electron chi connectivity index (χ3n) is 5.14. The summed E-state index contributed by atoms with van der Waals surface area (Å²) in [4.78, 5) is 29.0. The number of nitrogens with zero attached hydrogens (tertiary/aromatic N) is 2. The molecular formula is C19H28N2O3S. The summed E-state index contributed by atoms with van der Waals surface area (Å²) in [5.41, 5.74) is 1.24. The van der Waals surface area contributed by atoms with Gasteiger partial charge in [-0.15, -0.1) is 0 Å². The second-order valence-electron chi connectivity index (χ2n) is 7.29. The molecule has 0 aliphatic carbocycles. The fourth-order valence-electron chi connectivity index (χ4n) is 3.84. The third-order valence-corrected chi connectivity index (χ3v) is 5.87. The zero-order chi connectivity index (χ0) is 17.8. The zero-order valence-corrected chi connectivity index (χ0v) is 16.0. The molecule has 25 heavy (non-hydrogen) atoms. The number of aryl methyl sites for hydroxylation is 1. The first-order chi connectivity index (χ1) is 12.0. The average Bonchev–Trinajstić information content (AvgIpc) is 3.12. The number of morpholine rings is 1. The molecule has 0 saturated carbocycles. The maximum Gasteiger partial charge on any atom is 0.225 e. The summed E-state index contributed by atoms with van der Waals surface area (Å²) >= 11 is 1.67. The number of carbonyl (C=O) groups is 2. The van der Waals surface area contributed by atoms with Crippen LogP contribution in [0.2, 0.25) is 0 Å². The van der Waals surface area contributed by atoms with Crippen LogP contribution in [0.4, 0.5) is 0 Å². The molecule has 2 aliphatic rings. The number of amides is 2. The number of rotatable bonds is 4. The first-order valence-electron chi connectivity index (χ1n) is 9.26. The van der Waals surface area contributed by atoms with Gasteiger partial charge in [-0.25, -0.2) is 0 Å². The standard InChI is InChI=1S/C19H28N2O3S/c1-14-11-21(12-15(2)24-14)19(23)17-5-8-20(9-6-17)18(22)4-3-16-7-10-25-13-16/h7,10,13-15,17H,3-6,8-9,11-12H2,1-2H3/t14-,15-/m0/s1. The molecule has 2 amide bonds. The van der Waals surface area contributed by atoms with Gasteiger partial charge < -0.3 is 14.5 Å². The van der Waals surface area contributed by atoms with E-state index in [-0.39, 0.29) is 29.9 Å². The number of hydrogen-bond donors (Lipinski definition) is 0. The Morgan fingerprint density at radius 1 is 1.16 bits per heavy atom. The van der Waals surface area contributed by atoms with Gasteiger partial charge in [-0.2, -0.15) is 11.3 Å². The lowest BCUT2D eigenvalue weighted by Gasteiger charge is -2.39. The van der Waals surface area contributed by atoms with Crippen molar-refractivity contribution in [2.45, 2.75) is 51.7 Å². The first kappa shape index (κ1) is 18.4. The lowest BCUT2D eigenvalue weighted by atomic mass is 9.94. The summed E-state index contributed by atoms with van der Waals surface area (Å²) in [5.74, 6) is 0.511. The second kappa shape index (κ2) is 8.32. The van der Waals surface area contributed by atoms with Crippen molar-refractivity contribution in [3.8, 4) is 0 Å². The van der Waals surface area contributed by atoms with Crippen molar-refractivity contribution in [1.29, 1.82) is 0 Å². The van der Waals surface area contributed by atoms with E-state index in [0.29, 0.717) is 32.6 Å². The van der Waals surface area contributed by atoms with E-state index in [0.717, 1.165) is 19.3 Å². The lowest BCUT2D eigenvalue weighted by molar-refractivity contribution is -0.150. The molecule has 138 valence electrons. The second-order valence-corrected chi connectivity index (χ2v) is 8.07. The highest BCUT2D eigenvalue weighted by molar-refractivity contribution is 7.07. The third kappa shape index (κ3) is 4.82. The van der Waals surface area contributed by atoms with E-state index >= 15 is 0 Å². The summed E-state index contributed by atoms with van der Waals surface area (Å²) in [6.45, 7) is 6.81. The topological polar surface area (TPSA) is 49.9 Å². The highest BCUT2D eigenvalue weighted by Gasteiger charge is 2.33. The molecule has 3 heterocycles. The summed E-state index contributed by atoms with van der Waals surface area (Å²) in [7, 11) is 0. The van der Waals surface area contributed by atoms with E-state index in [1.165, 1.54) is 5.56 Å². The fraction of sp³-hybridized carbons (Fsp3) is 0.684. The van der Waals surface area contributed by atoms with Crippen LogP contribution in [0.15, 0.2) is 16.8 Å². The van der Waals surface area contributed by atoms with Crippen LogP contribution in [0.25, 0.3) is 0 Å². The lowest BCUT2D eigenvalue weighted by Crippen LogP contribution is -2.51. The quantitative estimate of drug-likeness (QED) is 0.825. The highest BCUT2D eigenvalue weighted by atomic mass is 32.1. The van der Waals surface area contributed by atoms with Gasteiger partial charge in [0.25, 0.3) is 0 Å². The molecule has 0 spiro atoms. The number of piperidine rings is 1. The SMILES string of the molecule is C[C@H]1CN(C(=O)C2CCN(C(=O)CCc3ccsc3)CC2)C[C@H](C)O1. The molecule has 0 aromatic carbocycles. The Balaban J connectivity index is 1.44. The molecule has 2 saturated heterocycles. The van der Waals surface area contributed by atoms with Crippen molar-refractivity contribution in [3.05, 3.63) is 22.4 Å². The maximum absolute atomic E-state index is 12.8. The largest absolute Gasteiger partial charge is 0.372 e. The minimum absolute atomic E-state index is 0.0541. The molecule has 1 aromatic rings. The summed E-state index contributed by atoms with van der Waals surface area (Å²) in [6, 6.07) is 2.08. The van der Waals surface area contributed by atoms with Gasteiger partial charge >= 0.3 is 0 Å². The Morgan fingerprint density at radius 2 is 1.84 bits per heavy atom. The maximum atomic E-state index is 12.8. The van der Waals surface area contributed by atoms with E-state index in [2.05, 4.69) is 11.4 Å². The van der Waals surface area contributed by atoms with Crippen molar-refractivity contribution in [2.24, 2.45) is 5.92 Å². The molecule has 0 radical (unpaired) electrons. The van der Waals surface area contributed by atoms with Crippen LogP contribution in [0.1, 0.15) is 38.7 Å². The highest BCUT2D eigenvalue weighted by Crippen LogP contribution is 2.23. The number of ether oxygens (including phenoxy) is 1. The van der Waals surface area contributed by atoms with Crippen molar-refractivity contribution < 1.29 is 14.3 Å². The smallest absolute Gasteiger partial charge is 0.225 e. The molecule has 2 fully saturated rings. The van der Waals surface area contributed by atoms with E-state index in [1.807, 2.05) is 29.0 Å². The van der Waals surface area contributed by atoms with Gasteiger partial charge in [0, 0.05) is 38.5 Å². The molecule has 1 aromatic heterocycles. The van der Waals surface area contributed by atoms with Crippen molar-refractivity contribution in [2.75, 3.05) is 26.2 Å². The molecule has 0 unspecified atom stereocenters. The van der Waals surface area contributed by atoms with Crippen molar-refractivity contribution in [3.63, 3.8) is 0 Å². The average molecular weight is 365 g/mol. The minimum Gasteiger partial charge on any atom is -0.372 e. The van der Waals surface area contributed by atoms with Gasteiger partial charge in [0.1, 0.15) is 0 Å². The van der Waals surface area contributed by atoms with Gasteiger partial charge in [-0.3, -0.25) is 9.59 Å². The predicted molar refractivity (Wildman–Crippen MR) is 98.5 cm³/mol. The molecule has 5 nitrogen and oxygen atoms in total. The Morgan fingerprint density at radius 3 is 2.44 bits per heavy atom. The van der Waals surface area contributed by atoms with Crippen LogP contribution in [-0.4, -0.2) is 60.0 Å². The predicted octanol–water partition coefficient (Wildman–Crippen LogP) is 2.56. The van der Waals surface area contributed by atoms with Crippen molar-refractivity contribution in [1.82, 2.24) is 9.80 Å². The summed E-state index contributed by atoms with van der Waals surface area (Å²) < 4.78 is 5.71. The van der Waals surface area contributed by atoms with E-state index in [4.69, 9.17) is 4.74 Å². The number of likely N-dealkylation sites (tertiary alicyclic amines) is 1. The van der Waals surface area contributed by atoms with Gasteiger partial charge in [-0.05, 0) is 55.5 Å². The molecule has 0 bridgehead atoms. The normalized spacial score (nSPS) is 25.2. The van der Waals surface area contributed by atoms with Gasteiger partial charge in [-0.1, -0.05) is 0 Å². The van der Waals surface area contributed by atoms with Crippen LogP contribution >= 0.6 is 11.3 Å². The fourth-order valence-corrected chi connectivity index (χ4v) is 4.54. The van der Waals surface area contributed by atoms with E-state index in [1.54, 1.807) is 11.3 Å². The van der Waals surface area contributed by atoms with Crippen LogP contribution in [0.3, 0.4) is 0 Å². The number of carbonyl (C=O) groups excluding carboxylic acids is 2. The van der Waals surface area contributed by atoms with Crippen LogP contribution in [0.5, 0.6) is 0 Å². The number of hydrogen-bond acceptors (Lipinski definition) is 4. The Labute approximate surface area is 153 Å². The Hall–Kier alpha value is -1.40. The molecule has 3 rings (SSSR count). The molecule has 6 heteroatoms. The first-order valence-corrected chi connectivity index (χ1v) is 10.2.